The molecule has 0 saturated heterocycles. The molecular weight excluding hydrogens is 390 g/mol. The summed E-state index contributed by atoms with van der Waals surface area (Å²) in [5.74, 6) is -0.452. The van der Waals surface area contributed by atoms with Gasteiger partial charge in [-0.1, -0.05) is 75.4 Å². The van der Waals surface area contributed by atoms with E-state index >= 15 is 0 Å². The third-order valence-electron chi connectivity index (χ3n) is 4.69. The lowest BCUT2D eigenvalue weighted by molar-refractivity contribution is -0.155. The summed E-state index contributed by atoms with van der Waals surface area (Å²) in [5, 5.41) is 0. The molecule has 0 aromatic heterocycles. The second-order valence-corrected chi connectivity index (χ2v) is 9.75. The molecule has 0 aliphatic carbocycles. The van der Waals surface area contributed by atoms with Crippen molar-refractivity contribution in [2.75, 3.05) is 13.1 Å². The zero-order chi connectivity index (χ0) is 23.1. The minimum absolute atomic E-state index is 0.0858. The van der Waals surface area contributed by atoms with E-state index < -0.39 is 17.7 Å². The van der Waals surface area contributed by atoms with Crippen LogP contribution in [-0.4, -0.2) is 35.7 Å². The average Bonchev–Trinajstić information content (AvgIpc) is 2.68. The summed E-state index contributed by atoms with van der Waals surface area (Å²) in [6.45, 7) is 12.3. The first-order valence-electron chi connectivity index (χ1n) is 10.7. The van der Waals surface area contributed by atoms with Crippen molar-refractivity contribution >= 4 is 12.1 Å². The van der Waals surface area contributed by atoms with E-state index in [-0.39, 0.29) is 18.6 Å². The van der Waals surface area contributed by atoms with Crippen LogP contribution in [0.1, 0.15) is 58.2 Å². The van der Waals surface area contributed by atoms with Crippen LogP contribution < -0.4 is 0 Å². The maximum absolute atomic E-state index is 12.7. The van der Waals surface area contributed by atoms with E-state index in [4.69, 9.17) is 9.47 Å². The lowest BCUT2D eigenvalue weighted by atomic mass is 9.86. The molecule has 2 aromatic carbocycles. The van der Waals surface area contributed by atoms with Crippen molar-refractivity contribution in [2.45, 2.75) is 65.6 Å². The standard InChI is InChI=1S/C26H35NO4/c1-25(2,3)22-14-12-20(13-15-22)16-17-27(18-23(28)31-26(4,5)6)24(29)30-19-21-10-8-7-9-11-21/h7-15H,16-19H2,1-6H3. The molecule has 0 fully saturated rings. The fourth-order valence-electron chi connectivity index (χ4n) is 3.01. The second kappa shape index (κ2) is 10.5. The molecule has 0 spiro atoms. The Morgan fingerprint density at radius 2 is 1.45 bits per heavy atom. The van der Waals surface area contributed by atoms with Crippen LogP contribution in [0.15, 0.2) is 54.6 Å². The Kier molecular flexibility index (Phi) is 8.26. The molecule has 5 nitrogen and oxygen atoms in total. The Bertz CT molecular complexity index is 846. The molecule has 0 N–H and O–H groups in total. The Balaban J connectivity index is 2.03. The van der Waals surface area contributed by atoms with Gasteiger partial charge in [0, 0.05) is 6.54 Å². The van der Waals surface area contributed by atoms with Gasteiger partial charge in [-0.05, 0) is 49.3 Å². The van der Waals surface area contributed by atoms with Crippen LogP contribution in [0.25, 0.3) is 0 Å². The fraction of sp³-hybridized carbons (Fsp3) is 0.462. The minimum atomic E-state index is -0.612. The molecule has 5 heteroatoms. The predicted octanol–water partition coefficient (Wildman–Crippen LogP) is 5.51. The van der Waals surface area contributed by atoms with Gasteiger partial charge in [0.05, 0.1) is 0 Å². The van der Waals surface area contributed by atoms with Gasteiger partial charge in [-0.25, -0.2) is 4.79 Å². The average molecular weight is 426 g/mol. The number of esters is 1. The van der Waals surface area contributed by atoms with Gasteiger partial charge < -0.3 is 9.47 Å². The predicted molar refractivity (Wildman–Crippen MR) is 123 cm³/mol. The zero-order valence-electron chi connectivity index (χ0n) is 19.6. The van der Waals surface area contributed by atoms with Gasteiger partial charge >= 0.3 is 12.1 Å². The quantitative estimate of drug-likeness (QED) is 0.549. The highest BCUT2D eigenvalue weighted by Gasteiger charge is 2.23. The summed E-state index contributed by atoms with van der Waals surface area (Å²) >= 11 is 0. The molecule has 0 aliphatic rings. The molecule has 0 aliphatic heterocycles. The van der Waals surface area contributed by atoms with Crippen LogP contribution in [0.4, 0.5) is 4.79 Å². The molecule has 0 radical (unpaired) electrons. The van der Waals surface area contributed by atoms with Crippen molar-refractivity contribution in [1.82, 2.24) is 4.90 Å². The number of amides is 1. The van der Waals surface area contributed by atoms with E-state index in [0.29, 0.717) is 13.0 Å². The third-order valence-corrected chi connectivity index (χ3v) is 4.69. The monoisotopic (exact) mass is 425 g/mol. The molecule has 31 heavy (non-hydrogen) atoms. The molecule has 0 unspecified atom stereocenters. The number of ether oxygens (including phenoxy) is 2. The van der Waals surface area contributed by atoms with Crippen molar-refractivity contribution < 1.29 is 19.1 Å². The first kappa shape index (κ1) is 24.4. The van der Waals surface area contributed by atoms with Crippen molar-refractivity contribution in [2.24, 2.45) is 0 Å². The fourth-order valence-corrected chi connectivity index (χ4v) is 3.01. The summed E-state index contributed by atoms with van der Waals surface area (Å²) in [4.78, 5) is 26.5. The maximum atomic E-state index is 12.7. The molecule has 0 heterocycles. The summed E-state index contributed by atoms with van der Waals surface area (Å²) in [6, 6.07) is 17.8. The topological polar surface area (TPSA) is 55.8 Å². The molecular formula is C26H35NO4. The smallest absolute Gasteiger partial charge is 0.410 e. The van der Waals surface area contributed by atoms with Crippen molar-refractivity contribution in [3.05, 3.63) is 71.3 Å². The Morgan fingerprint density at radius 3 is 2.00 bits per heavy atom. The van der Waals surface area contributed by atoms with Crippen LogP contribution in [0, 0.1) is 0 Å². The highest BCUT2D eigenvalue weighted by molar-refractivity contribution is 5.78. The third kappa shape index (κ3) is 8.83. The highest BCUT2D eigenvalue weighted by atomic mass is 16.6. The van der Waals surface area contributed by atoms with Gasteiger partial charge in [-0.15, -0.1) is 0 Å². The molecule has 2 aromatic rings. The lowest BCUT2D eigenvalue weighted by Gasteiger charge is -2.25. The van der Waals surface area contributed by atoms with E-state index in [2.05, 4.69) is 45.0 Å². The van der Waals surface area contributed by atoms with Crippen molar-refractivity contribution in [3.8, 4) is 0 Å². The van der Waals surface area contributed by atoms with Crippen molar-refractivity contribution in [1.29, 1.82) is 0 Å². The Hall–Kier alpha value is -2.82. The largest absolute Gasteiger partial charge is 0.459 e. The van der Waals surface area contributed by atoms with Crippen LogP contribution in [-0.2, 0) is 32.7 Å². The molecule has 2 rings (SSSR count). The second-order valence-electron chi connectivity index (χ2n) is 9.75. The van der Waals surface area contributed by atoms with Gasteiger partial charge in [-0.2, -0.15) is 0 Å². The number of rotatable bonds is 7. The van der Waals surface area contributed by atoms with Gasteiger partial charge in [-0.3, -0.25) is 9.69 Å². The SMILES string of the molecule is CC(C)(C)OC(=O)CN(CCc1ccc(C(C)(C)C)cc1)C(=O)OCc1ccccc1. The number of hydrogen-bond donors (Lipinski definition) is 0. The van der Waals surface area contributed by atoms with Crippen LogP contribution >= 0.6 is 0 Å². The molecule has 0 bridgehead atoms. The molecule has 0 saturated carbocycles. The highest BCUT2D eigenvalue weighted by Crippen LogP contribution is 2.22. The van der Waals surface area contributed by atoms with E-state index in [9.17, 15) is 9.59 Å². The molecule has 1 amide bonds. The van der Waals surface area contributed by atoms with Crippen LogP contribution in [0.2, 0.25) is 0 Å². The van der Waals surface area contributed by atoms with E-state index in [0.717, 1.165) is 11.1 Å². The summed E-state index contributed by atoms with van der Waals surface area (Å²) in [7, 11) is 0. The lowest BCUT2D eigenvalue weighted by Crippen LogP contribution is -2.40. The molecule has 168 valence electrons. The van der Waals surface area contributed by atoms with E-state index in [1.54, 1.807) is 20.8 Å². The van der Waals surface area contributed by atoms with Gasteiger partial charge in [0.25, 0.3) is 0 Å². The summed E-state index contributed by atoms with van der Waals surface area (Å²) in [6.07, 6.45) is 0.0919. The zero-order valence-corrected chi connectivity index (χ0v) is 19.6. The first-order valence-corrected chi connectivity index (χ1v) is 10.7. The number of benzene rings is 2. The van der Waals surface area contributed by atoms with Crippen LogP contribution in [0.5, 0.6) is 0 Å². The van der Waals surface area contributed by atoms with Crippen molar-refractivity contribution in [3.63, 3.8) is 0 Å². The van der Waals surface area contributed by atoms with Gasteiger partial charge in [0.1, 0.15) is 18.8 Å². The number of carbonyl (C=O) groups is 2. The normalized spacial score (nSPS) is 11.7. The minimum Gasteiger partial charge on any atom is -0.459 e. The van der Waals surface area contributed by atoms with Crippen LogP contribution in [0.3, 0.4) is 0 Å². The van der Waals surface area contributed by atoms with E-state index in [1.165, 1.54) is 10.5 Å². The maximum Gasteiger partial charge on any atom is 0.410 e. The van der Waals surface area contributed by atoms with Gasteiger partial charge in [0.2, 0.25) is 0 Å². The summed E-state index contributed by atoms with van der Waals surface area (Å²) < 4.78 is 10.9. The number of carbonyl (C=O) groups excluding carboxylic acids is 2. The van der Waals surface area contributed by atoms with Gasteiger partial charge in [0.15, 0.2) is 0 Å². The summed E-state index contributed by atoms with van der Waals surface area (Å²) in [5.41, 5.74) is 2.72. The number of hydrogen-bond acceptors (Lipinski definition) is 4. The first-order chi connectivity index (χ1) is 14.4. The Labute approximate surface area is 186 Å². The molecule has 0 atom stereocenters. The van der Waals surface area contributed by atoms with E-state index in [1.807, 2.05) is 30.3 Å². The number of nitrogens with zero attached hydrogens (tertiary/aromatic N) is 1. The Morgan fingerprint density at radius 1 is 0.839 bits per heavy atom.